The molecule has 0 bridgehead atoms. The first-order valence-electron chi connectivity index (χ1n) is 8.08. The highest BCUT2D eigenvalue weighted by Crippen LogP contribution is 2.31. The summed E-state index contributed by atoms with van der Waals surface area (Å²) in [5.74, 6) is 0. The molecule has 1 N–H and O–H groups in total. The van der Waals surface area contributed by atoms with E-state index in [0.29, 0.717) is 0 Å². The molecule has 0 saturated carbocycles. The zero-order valence-electron chi connectivity index (χ0n) is 12.8. The van der Waals surface area contributed by atoms with Gasteiger partial charge in [0.05, 0.1) is 0 Å². The SMILES string of the molecule is CCCCN(c1ccccc1)c1ccc2c(c1)CCCN2. The molecule has 3 rings (SSSR count). The third-order valence-electron chi connectivity index (χ3n) is 4.14. The lowest BCUT2D eigenvalue weighted by atomic mass is 10.0. The second kappa shape index (κ2) is 6.66. The maximum Gasteiger partial charge on any atom is 0.0414 e. The molecule has 110 valence electrons. The van der Waals surface area contributed by atoms with E-state index in [2.05, 4.69) is 65.7 Å². The average molecular weight is 280 g/mol. The van der Waals surface area contributed by atoms with E-state index in [1.807, 2.05) is 0 Å². The quantitative estimate of drug-likeness (QED) is 0.830. The molecule has 0 atom stereocenters. The summed E-state index contributed by atoms with van der Waals surface area (Å²) in [6.07, 6.45) is 4.85. The van der Waals surface area contributed by atoms with Crippen LogP contribution in [0.15, 0.2) is 48.5 Å². The summed E-state index contributed by atoms with van der Waals surface area (Å²) in [6.45, 7) is 4.43. The van der Waals surface area contributed by atoms with Crippen LogP contribution in [0.3, 0.4) is 0 Å². The van der Waals surface area contributed by atoms with E-state index in [1.54, 1.807) is 0 Å². The van der Waals surface area contributed by atoms with Crippen molar-refractivity contribution in [1.29, 1.82) is 0 Å². The van der Waals surface area contributed by atoms with Crippen LogP contribution in [0, 0.1) is 0 Å². The summed E-state index contributed by atoms with van der Waals surface area (Å²) in [5, 5.41) is 3.49. The number of unbranched alkanes of at least 4 members (excludes halogenated alkanes) is 1. The highest BCUT2D eigenvalue weighted by Gasteiger charge is 2.13. The number of hydrogen-bond acceptors (Lipinski definition) is 2. The lowest BCUT2D eigenvalue weighted by Gasteiger charge is -2.27. The zero-order chi connectivity index (χ0) is 14.5. The Kier molecular flexibility index (Phi) is 4.44. The zero-order valence-corrected chi connectivity index (χ0v) is 12.8. The van der Waals surface area contributed by atoms with Gasteiger partial charge in [0, 0.05) is 30.2 Å². The van der Waals surface area contributed by atoms with Crippen molar-refractivity contribution >= 4 is 17.1 Å². The summed E-state index contributed by atoms with van der Waals surface area (Å²) >= 11 is 0. The van der Waals surface area contributed by atoms with Crippen LogP contribution in [-0.2, 0) is 6.42 Å². The minimum Gasteiger partial charge on any atom is -0.385 e. The summed E-state index contributed by atoms with van der Waals surface area (Å²) < 4.78 is 0. The molecule has 1 aliphatic rings. The van der Waals surface area contributed by atoms with Gasteiger partial charge < -0.3 is 10.2 Å². The average Bonchev–Trinajstić information content (AvgIpc) is 2.56. The molecule has 2 aromatic rings. The Balaban J connectivity index is 1.92. The normalized spacial score (nSPS) is 13.4. The number of benzene rings is 2. The topological polar surface area (TPSA) is 15.3 Å². The van der Waals surface area contributed by atoms with Crippen LogP contribution in [0.1, 0.15) is 31.7 Å². The van der Waals surface area contributed by atoms with Gasteiger partial charge in [0.2, 0.25) is 0 Å². The van der Waals surface area contributed by atoms with Crippen LogP contribution < -0.4 is 10.2 Å². The molecule has 2 heteroatoms. The molecular weight excluding hydrogens is 256 g/mol. The fourth-order valence-corrected chi connectivity index (χ4v) is 2.96. The number of rotatable bonds is 5. The van der Waals surface area contributed by atoms with Crippen molar-refractivity contribution in [2.24, 2.45) is 0 Å². The molecule has 2 nitrogen and oxygen atoms in total. The minimum atomic E-state index is 1.08. The second-order valence-corrected chi connectivity index (χ2v) is 5.71. The van der Waals surface area contributed by atoms with Gasteiger partial charge in [0.25, 0.3) is 0 Å². The highest BCUT2D eigenvalue weighted by atomic mass is 15.1. The number of nitrogens with one attached hydrogen (secondary N) is 1. The largest absolute Gasteiger partial charge is 0.385 e. The van der Waals surface area contributed by atoms with Crippen molar-refractivity contribution in [2.45, 2.75) is 32.6 Å². The Hall–Kier alpha value is -1.96. The van der Waals surface area contributed by atoms with E-state index in [1.165, 1.54) is 48.3 Å². The summed E-state index contributed by atoms with van der Waals surface area (Å²) in [4.78, 5) is 2.44. The number of aryl methyl sites for hydroxylation is 1. The monoisotopic (exact) mass is 280 g/mol. The van der Waals surface area contributed by atoms with Gasteiger partial charge in [0.1, 0.15) is 0 Å². The number of fused-ring (bicyclic) bond motifs is 1. The van der Waals surface area contributed by atoms with Crippen molar-refractivity contribution in [3.63, 3.8) is 0 Å². The lowest BCUT2D eigenvalue weighted by molar-refractivity contribution is 0.783. The number of para-hydroxylation sites is 1. The van der Waals surface area contributed by atoms with Gasteiger partial charge in [-0.15, -0.1) is 0 Å². The van der Waals surface area contributed by atoms with Gasteiger partial charge in [-0.1, -0.05) is 31.5 Å². The molecule has 0 aliphatic carbocycles. The molecule has 1 aliphatic heterocycles. The molecule has 0 amide bonds. The standard InChI is InChI=1S/C19H24N2/c1-2-3-14-21(17-9-5-4-6-10-17)18-11-12-19-16(15-18)8-7-13-20-19/h4-6,9-12,15,20H,2-3,7-8,13-14H2,1H3. The fraction of sp³-hybridized carbons (Fsp3) is 0.368. The van der Waals surface area contributed by atoms with Crippen LogP contribution in [0.2, 0.25) is 0 Å². The molecular formula is C19H24N2. The van der Waals surface area contributed by atoms with Crippen molar-refractivity contribution in [3.8, 4) is 0 Å². The maximum atomic E-state index is 3.49. The Morgan fingerprint density at radius 1 is 1.05 bits per heavy atom. The van der Waals surface area contributed by atoms with Crippen LogP contribution in [0.5, 0.6) is 0 Å². The van der Waals surface area contributed by atoms with E-state index in [0.717, 1.165) is 13.1 Å². The number of hydrogen-bond donors (Lipinski definition) is 1. The van der Waals surface area contributed by atoms with Gasteiger partial charge in [-0.05, 0) is 55.2 Å². The van der Waals surface area contributed by atoms with Crippen LogP contribution in [0.25, 0.3) is 0 Å². The van der Waals surface area contributed by atoms with E-state index in [-0.39, 0.29) is 0 Å². The molecule has 0 spiro atoms. The smallest absolute Gasteiger partial charge is 0.0414 e. The minimum absolute atomic E-state index is 1.08. The Bertz CT molecular complexity index is 577. The first-order chi connectivity index (χ1) is 10.4. The summed E-state index contributed by atoms with van der Waals surface area (Å²) in [7, 11) is 0. The first-order valence-corrected chi connectivity index (χ1v) is 8.08. The van der Waals surface area contributed by atoms with Crippen molar-refractivity contribution in [2.75, 3.05) is 23.3 Å². The van der Waals surface area contributed by atoms with E-state index in [9.17, 15) is 0 Å². The number of anilines is 3. The Morgan fingerprint density at radius 3 is 2.71 bits per heavy atom. The van der Waals surface area contributed by atoms with Crippen LogP contribution >= 0.6 is 0 Å². The van der Waals surface area contributed by atoms with Gasteiger partial charge in [-0.3, -0.25) is 0 Å². The molecule has 1 heterocycles. The molecule has 0 aromatic heterocycles. The molecule has 0 unspecified atom stereocenters. The van der Waals surface area contributed by atoms with Gasteiger partial charge in [-0.25, -0.2) is 0 Å². The number of nitrogens with zero attached hydrogens (tertiary/aromatic N) is 1. The predicted molar refractivity (Wildman–Crippen MR) is 91.6 cm³/mol. The molecule has 0 saturated heterocycles. The molecule has 2 aromatic carbocycles. The first kappa shape index (κ1) is 14.0. The van der Waals surface area contributed by atoms with E-state index < -0.39 is 0 Å². The van der Waals surface area contributed by atoms with Crippen molar-refractivity contribution in [3.05, 3.63) is 54.1 Å². The molecule has 21 heavy (non-hydrogen) atoms. The van der Waals surface area contributed by atoms with Crippen LogP contribution in [-0.4, -0.2) is 13.1 Å². The van der Waals surface area contributed by atoms with Gasteiger partial charge in [-0.2, -0.15) is 0 Å². The van der Waals surface area contributed by atoms with Crippen LogP contribution in [0.4, 0.5) is 17.1 Å². The fourth-order valence-electron chi connectivity index (χ4n) is 2.96. The summed E-state index contributed by atoms with van der Waals surface area (Å²) in [6, 6.07) is 17.6. The third-order valence-corrected chi connectivity index (χ3v) is 4.14. The van der Waals surface area contributed by atoms with Gasteiger partial charge >= 0.3 is 0 Å². The predicted octanol–water partition coefficient (Wildman–Crippen LogP) is 4.98. The van der Waals surface area contributed by atoms with Gasteiger partial charge in [0.15, 0.2) is 0 Å². The van der Waals surface area contributed by atoms with E-state index in [4.69, 9.17) is 0 Å². The Labute approximate surface area is 127 Å². The lowest BCUT2D eigenvalue weighted by Crippen LogP contribution is -2.19. The van der Waals surface area contributed by atoms with E-state index >= 15 is 0 Å². The third kappa shape index (κ3) is 3.21. The van der Waals surface area contributed by atoms with Crippen molar-refractivity contribution < 1.29 is 0 Å². The molecule has 0 fully saturated rings. The highest BCUT2D eigenvalue weighted by molar-refractivity contribution is 5.68. The second-order valence-electron chi connectivity index (χ2n) is 5.71. The summed E-state index contributed by atoms with van der Waals surface area (Å²) in [5.41, 5.74) is 5.37. The molecule has 0 radical (unpaired) electrons. The Morgan fingerprint density at radius 2 is 1.90 bits per heavy atom. The van der Waals surface area contributed by atoms with Crippen molar-refractivity contribution in [1.82, 2.24) is 0 Å². The maximum absolute atomic E-state index is 3.49.